The molecule has 21 heavy (non-hydrogen) atoms. The first kappa shape index (κ1) is 13.0. The number of nitriles is 1. The molecule has 3 rings (SSSR count). The maximum absolute atomic E-state index is 9.04. The van der Waals surface area contributed by atoms with Crippen molar-refractivity contribution in [3.05, 3.63) is 58.8 Å². The van der Waals surface area contributed by atoms with Crippen molar-refractivity contribution >= 4 is 0 Å². The molecule has 0 fully saturated rings. The molecule has 0 aliphatic carbocycles. The van der Waals surface area contributed by atoms with E-state index in [0.29, 0.717) is 35.2 Å². The fraction of sp³-hybridized carbons (Fsp3) is 0.214. The lowest BCUT2D eigenvalue weighted by Crippen LogP contribution is -1.95. The molecule has 7 nitrogen and oxygen atoms in total. The third kappa shape index (κ3) is 2.79. The van der Waals surface area contributed by atoms with Crippen LogP contribution in [-0.4, -0.2) is 20.3 Å². The summed E-state index contributed by atoms with van der Waals surface area (Å²) in [5.41, 5.74) is 1.78. The van der Waals surface area contributed by atoms with Gasteiger partial charge in [0.25, 0.3) is 0 Å². The van der Waals surface area contributed by atoms with Gasteiger partial charge in [-0.2, -0.15) is 10.2 Å². The van der Waals surface area contributed by atoms with Crippen molar-refractivity contribution in [1.82, 2.24) is 20.3 Å². The normalized spacial score (nSPS) is 10.5. The number of nitrogens with zero attached hydrogens (tertiary/aromatic N) is 5. The maximum atomic E-state index is 9.04. The summed E-state index contributed by atoms with van der Waals surface area (Å²) in [6, 6.07) is 7.70. The summed E-state index contributed by atoms with van der Waals surface area (Å²) in [7, 11) is 0. The van der Waals surface area contributed by atoms with Gasteiger partial charge in [0.1, 0.15) is 17.3 Å². The Labute approximate surface area is 120 Å². The number of hydrogen-bond acceptors (Lipinski definition) is 7. The summed E-state index contributed by atoms with van der Waals surface area (Å²) >= 11 is 0. The molecule has 104 valence electrons. The van der Waals surface area contributed by atoms with Gasteiger partial charge in [-0.3, -0.25) is 4.98 Å². The van der Waals surface area contributed by atoms with Gasteiger partial charge in [0.2, 0.25) is 5.89 Å². The van der Waals surface area contributed by atoms with Crippen molar-refractivity contribution in [1.29, 1.82) is 5.26 Å². The Balaban J connectivity index is 1.75. The molecule has 0 N–H and O–H groups in total. The molecule has 0 bridgehead atoms. The van der Waals surface area contributed by atoms with E-state index in [9.17, 15) is 0 Å². The van der Waals surface area contributed by atoms with E-state index in [0.717, 1.165) is 5.69 Å². The second kappa shape index (κ2) is 5.54. The van der Waals surface area contributed by atoms with Crippen LogP contribution in [0, 0.1) is 18.3 Å². The van der Waals surface area contributed by atoms with E-state index in [1.165, 1.54) is 0 Å². The molecule has 3 aromatic heterocycles. The molecule has 0 unspecified atom stereocenters. The Morgan fingerprint density at radius 1 is 1.19 bits per heavy atom. The predicted octanol–water partition coefficient (Wildman–Crippen LogP) is 1.81. The van der Waals surface area contributed by atoms with Gasteiger partial charge in [0.15, 0.2) is 11.6 Å². The lowest BCUT2D eigenvalue weighted by molar-refractivity contribution is 0.368. The van der Waals surface area contributed by atoms with Gasteiger partial charge in [-0.15, -0.1) is 0 Å². The topological polar surface area (TPSA) is 102 Å². The summed E-state index contributed by atoms with van der Waals surface area (Å²) < 4.78 is 10.2. The maximum Gasteiger partial charge on any atom is 0.232 e. The van der Waals surface area contributed by atoms with Gasteiger partial charge in [-0.05, 0) is 19.1 Å². The molecule has 0 aromatic carbocycles. The SMILES string of the molecule is Cc1onc(Cc2nc(Cc3ccccn3)no2)c1C#N. The van der Waals surface area contributed by atoms with Crippen molar-refractivity contribution in [3.63, 3.8) is 0 Å². The van der Waals surface area contributed by atoms with Crippen LogP contribution in [0.1, 0.15) is 34.4 Å². The molecule has 3 heterocycles. The molecular weight excluding hydrogens is 270 g/mol. The molecule has 0 aliphatic heterocycles. The Hall–Kier alpha value is -3.01. The van der Waals surface area contributed by atoms with E-state index in [1.54, 1.807) is 13.1 Å². The number of rotatable bonds is 4. The van der Waals surface area contributed by atoms with E-state index < -0.39 is 0 Å². The van der Waals surface area contributed by atoms with Gasteiger partial charge in [0, 0.05) is 11.9 Å². The van der Waals surface area contributed by atoms with E-state index in [4.69, 9.17) is 14.3 Å². The Bertz CT molecular complexity index is 785. The van der Waals surface area contributed by atoms with Crippen LogP contribution >= 0.6 is 0 Å². The van der Waals surface area contributed by atoms with Crippen molar-refractivity contribution in [3.8, 4) is 6.07 Å². The van der Waals surface area contributed by atoms with Gasteiger partial charge in [0.05, 0.1) is 12.8 Å². The second-order valence-corrected chi connectivity index (χ2v) is 4.45. The first-order chi connectivity index (χ1) is 10.3. The minimum atomic E-state index is 0.273. The van der Waals surface area contributed by atoms with E-state index in [2.05, 4.69) is 26.4 Å². The lowest BCUT2D eigenvalue weighted by Gasteiger charge is -1.93. The lowest BCUT2D eigenvalue weighted by atomic mass is 10.1. The van der Waals surface area contributed by atoms with Crippen LogP contribution in [0.4, 0.5) is 0 Å². The Morgan fingerprint density at radius 3 is 2.86 bits per heavy atom. The van der Waals surface area contributed by atoms with Gasteiger partial charge in [-0.1, -0.05) is 16.4 Å². The molecule has 3 aromatic rings. The van der Waals surface area contributed by atoms with Crippen molar-refractivity contribution < 1.29 is 9.05 Å². The summed E-state index contributed by atoms with van der Waals surface area (Å²) in [5.74, 6) is 1.42. The molecule has 0 aliphatic rings. The van der Waals surface area contributed by atoms with Crippen molar-refractivity contribution in [2.75, 3.05) is 0 Å². The number of hydrogen-bond donors (Lipinski definition) is 0. The van der Waals surface area contributed by atoms with Crippen molar-refractivity contribution in [2.45, 2.75) is 19.8 Å². The highest BCUT2D eigenvalue weighted by Gasteiger charge is 2.16. The third-order valence-corrected chi connectivity index (χ3v) is 2.94. The highest BCUT2D eigenvalue weighted by atomic mass is 16.5. The summed E-state index contributed by atoms with van der Waals surface area (Å²) in [6.07, 6.45) is 2.48. The highest BCUT2D eigenvalue weighted by Crippen LogP contribution is 2.15. The molecule has 0 saturated heterocycles. The zero-order valence-electron chi connectivity index (χ0n) is 11.3. The minimum Gasteiger partial charge on any atom is -0.360 e. The minimum absolute atomic E-state index is 0.273. The van der Waals surface area contributed by atoms with Crippen molar-refractivity contribution in [2.24, 2.45) is 0 Å². The molecule has 0 radical (unpaired) electrons. The predicted molar refractivity (Wildman–Crippen MR) is 70.1 cm³/mol. The van der Waals surface area contributed by atoms with Crippen LogP contribution in [0.5, 0.6) is 0 Å². The Kier molecular flexibility index (Phi) is 3.43. The third-order valence-electron chi connectivity index (χ3n) is 2.94. The number of aryl methyl sites for hydroxylation is 1. The summed E-state index contributed by atoms with van der Waals surface area (Å²) in [6.45, 7) is 1.69. The largest absolute Gasteiger partial charge is 0.360 e. The van der Waals surface area contributed by atoms with Gasteiger partial charge >= 0.3 is 0 Å². The molecule has 0 amide bonds. The smallest absolute Gasteiger partial charge is 0.232 e. The zero-order valence-corrected chi connectivity index (χ0v) is 11.3. The van der Waals surface area contributed by atoms with E-state index in [-0.39, 0.29) is 6.42 Å². The standard InChI is InChI=1S/C14H11N5O2/c1-9-11(8-15)12(18-20-9)7-14-17-13(19-21-14)6-10-4-2-3-5-16-10/h2-5H,6-7H2,1H3. The van der Waals surface area contributed by atoms with Crippen LogP contribution in [0.3, 0.4) is 0 Å². The molecule has 0 atom stereocenters. The zero-order chi connectivity index (χ0) is 14.7. The summed E-state index contributed by atoms with van der Waals surface area (Å²) in [4.78, 5) is 8.48. The molecule has 0 saturated carbocycles. The van der Waals surface area contributed by atoms with E-state index >= 15 is 0 Å². The van der Waals surface area contributed by atoms with Crippen LogP contribution in [-0.2, 0) is 12.8 Å². The monoisotopic (exact) mass is 281 g/mol. The fourth-order valence-electron chi connectivity index (χ4n) is 1.92. The quantitative estimate of drug-likeness (QED) is 0.718. The van der Waals surface area contributed by atoms with Gasteiger partial charge < -0.3 is 9.05 Å². The Morgan fingerprint density at radius 2 is 2.10 bits per heavy atom. The van der Waals surface area contributed by atoms with E-state index in [1.807, 2.05) is 18.2 Å². The van der Waals surface area contributed by atoms with Crippen LogP contribution in [0.15, 0.2) is 33.4 Å². The molecule has 0 spiro atoms. The average molecular weight is 281 g/mol. The van der Waals surface area contributed by atoms with Crippen LogP contribution in [0.25, 0.3) is 0 Å². The average Bonchev–Trinajstić information content (AvgIpc) is 3.07. The van der Waals surface area contributed by atoms with Crippen LogP contribution < -0.4 is 0 Å². The highest BCUT2D eigenvalue weighted by molar-refractivity contribution is 5.36. The first-order valence-corrected chi connectivity index (χ1v) is 6.33. The fourth-order valence-corrected chi connectivity index (χ4v) is 1.92. The first-order valence-electron chi connectivity index (χ1n) is 6.33. The molecule has 7 heteroatoms. The summed E-state index contributed by atoms with van der Waals surface area (Å²) in [5, 5.41) is 16.8. The van der Waals surface area contributed by atoms with Gasteiger partial charge in [-0.25, -0.2) is 0 Å². The molecular formula is C14H11N5O2. The van der Waals surface area contributed by atoms with Crippen LogP contribution in [0.2, 0.25) is 0 Å². The second-order valence-electron chi connectivity index (χ2n) is 4.45. The number of pyridine rings is 1. The number of aromatic nitrogens is 4.